The largest absolute Gasteiger partial charge is 0.497 e. The van der Waals surface area contributed by atoms with Crippen molar-refractivity contribution in [1.29, 1.82) is 0 Å². The molecule has 0 unspecified atom stereocenters. The molecule has 80 valence electrons. The molecule has 0 atom stereocenters. The van der Waals surface area contributed by atoms with Crippen LogP contribution >= 0.6 is 0 Å². The van der Waals surface area contributed by atoms with Gasteiger partial charge in [0, 0.05) is 6.42 Å². The van der Waals surface area contributed by atoms with Gasteiger partial charge in [0.25, 0.3) is 0 Å². The summed E-state index contributed by atoms with van der Waals surface area (Å²) < 4.78 is 4.93. The van der Waals surface area contributed by atoms with Crippen LogP contribution in [0.3, 0.4) is 0 Å². The van der Waals surface area contributed by atoms with Crippen LogP contribution in [0.2, 0.25) is 0 Å². The third-order valence-corrected chi connectivity index (χ3v) is 2.08. The maximum Gasteiger partial charge on any atom is 0.336 e. The molecular formula is C11H12O4. The van der Waals surface area contributed by atoms with Crippen LogP contribution in [-0.2, 0) is 11.2 Å². The second-order valence-electron chi connectivity index (χ2n) is 3.03. The highest BCUT2D eigenvalue weighted by atomic mass is 16.5. The van der Waals surface area contributed by atoms with E-state index in [1.807, 2.05) is 0 Å². The topological polar surface area (TPSA) is 63.6 Å². The number of aldehydes is 1. The summed E-state index contributed by atoms with van der Waals surface area (Å²) in [6, 6.07) is 4.82. The average Bonchev–Trinajstić information content (AvgIpc) is 2.26. The fraction of sp³-hybridized carbons (Fsp3) is 0.273. The summed E-state index contributed by atoms with van der Waals surface area (Å²) in [7, 11) is 1.48. The first-order valence-corrected chi connectivity index (χ1v) is 4.53. The zero-order chi connectivity index (χ0) is 11.3. The van der Waals surface area contributed by atoms with Crippen LogP contribution in [0.25, 0.3) is 0 Å². The number of benzene rings is 1. The van der Waals surface area contributed by atoms with Gasteiger partial charge in [-0.25, -0.2) is 4.79 Å². The van der Waals surface area contributed by atoms with Gasteiger partial charge >= 0.3 is 5.97 Å². The van der Waals surface area contributed by atoms with E-state index in [1.54, 1.807) is 12.1 Å². The van der Waals surface area contributed by atoms with Gasteiger partial charge in [-0.05, 0) is 24.1 Å². The summed E-state index contributed by atoms with van der Waals surface area (Å²) in [6.07, 6.45) is 1.54. The van der Waals surface area contributed by atoms with Gasteiger partial charge in [0.1, 0.15) is 12.0 Å². The highest BCUT2D eigenvalue weighted by Crippen LogP contribution is 2.18. The lowest BCUT2D eigenvalue weighted by atomic mass is 10.0. The third kappa shape index (κ3) is 2.80. The first-order chi connectivity index (χ1) is 7.19. The predicted molar refractivity (Wildman–Crippen MR) is 54.3 cm³/mol. The molecule has 0 saturated heterocycles. The fourth-order valence-corrected chi connectivity index (χ4v) is 1.31. The van der Waals surface area contributed by atoms with E-state index in [0.717, 1.165) is 6.29 Å². The van der Waals surface area contributed by atoms with Gasteiger partial charge in [0.2, 0.25) is 0 Å². The highest BCUT2D eigenvalue weighted by Gasteiger charge is 2.10. The molecule has 0 bridgehead atoms. The predicted octanol–water partition coefficient (Wildman–Crippen LogP) is 1.52. The Hall–Kier alpha value is -1.84. The van der Waals surface area contributed by atoms with Crippen molar-refractivity contribution in [2.75, 3.05) is 7.11 Å². The molecule has 0 saturated carbocycles. The molecule has 0 radical (unpaired) electrons. The molecule has 0 aliphatic rings. The molecule has 1 N–H and O–H groups in total. The van der Waals surface area contributed by atoms with E-state index < -0.39 is 5.97 Å². The summed E-state index contributed by atoms with van der Waals surface area (Å²) >= 11 is 0. The van der Waals surface area contributed by atoms with Gasteiger partial charge in [-0.2, -0.15) is 0 Å². The zero-order valence-electron chi connectivity index (χ0n) is 8.40. The molecule has 4 heteroatoms. The quantitative estimate of drug-likeness (QED) is 0.745. The van der Waals surface area contributed by atoms with E-state index in [9.17, 15) is 9.59 Å². The summed E-state index contributed by atoms with van der Waals surface area (Å²) in [5, 5.41) is 8.94. The summed E-state index contributed by atoms with van der Waals surface area (Å²) in [5.74, 6) is -0.503. The number of ether oxygens (including phenoxy) is 1. The maximum atomic E-state index is 10.9. The van der Waals surface area contributed by atoms with Crippen LogP contribution in [0.15, 0.2) is 18.2 Å². The molecule has 1 rings (SSSR count). The number of carboxylic acids is 1. The number of hydrogen-bond donors (Lipinski definition) is 1. The average molecular weight is 208 g/mol. The van der Waals surface area contributed by atoms with Gasteiger partial charge in [-0.15, -0.1) is 0 Å². The number of rotatable bonds is 5. The molecule has 0 amide bonds. The summed E-state index contributed by atoms with van der Waals surface area (Å²) in [4.78, 5) is 21.1. The Kier molecular flexibility index (Phi) is 3.85. The number of aromatic carboxylic acids is 1. The van der Waals surface area contributed by atoms with E-state index in [-0.39, 0.29) is 5.56 Å². The van der Waals surface area contributed by atoms with Crippen molar-refractivity contribution in [2.24, 2.45) is 0 Å². The van der Waals surface area contributed by atoms with Crippen LogP contribution in [0, 0.1) is 0 Å². The molecule has 1 aromatic rings. The van der Waals surface area contributed by atoms with Gasteiger partial charge in [-0.1, -0.05) is 6.07 Å². The first-order valence-electron chi connectivity index (χ1n) is 4.53. The maximum absolute atomic E-state index is 10.9. The fourth-order valence-electron chi connectivity index (χ4n) is 1.31. The Morgan fingerprint density at radius 2 is 2.27 bits per heavy atom. The first kappa shape index (κ1) is 11.2. The minimum Gasteiger partial charge on any atom is -0.497 e. The normalized spacial score (nSPS) is 9.67. The van der Waals surface area contributed by atoms with E-state index in [4.69, 9.17) is 9.84 Å². The lowest BCUT2D eigenvalue weighted by Crippen LogP contribution is -2.03. The molecule has 1 aromatic carbocycles. The molecule has 4 nitrogen and oxygen atoms in total. The van der Waals surface area contributed by atoms with Crippen molar-refractivity contribution in [3.8, 4) is 5.75 Å². The van der Waals surface area contributed by atoms with Crippen molar-refractivity contribution < 1.29 is 19.4 Å². The molecule has 0 spiro atoms. The van der Waals surface area contributed by atoms with Gasteiger partial charge in [0.15, 0.2) is 0 Å². The van der Waals surface area contributed by atoms with Crippen molar-refractivity contribution in [2.45, 2.75) is 12.8 Å². The van der Waals surface area contributed by atoms with Crippen LogP contribution in [0.5, 0.6) is 5.75 Å². The Morgan fingerprint density at radius 1 is 1.53 bits per heavy atom. The number of methoxy groups -OCH3 is 1. The minimum atomic E-state index is -1.00. The zero-order valence-corrected chi connectivity index (χ0v) is 8.40. The summed E-state index contributed by atoms with van der Waals surface area (Å²) in [6.45, 7) is 0. The second kappa shape index (κ2) is 5.14. The van der Waals surface area contributed by atoms with Gasteiger partial charge in [0.05, 0.1) is 12.7 Å². The molecule has 15 heavy (non-hydrogen) atoms. The Labute approximate surface area is 87.5 Å². The van der Waals surface area contributed by atoms with E-state index >= 15 is 0 Å². The molecular weight excluding hydrogens is 196 g/mol. The second-order valence-corrected chi connectivity index (χ2v) is 3.03. The van der Waals surface area contributed by atoms with E-state index in [1.165, 1.54) is 13.2 Å². The van der Waals surface area contributed by atoms with E-state index in [0.29, 0.717) is 24.2 Å². The number of carboxylic acid groups (broad SMARTS) is 1. The monoisotopic (exact) mass is 208 g/mol. The molecule has 0 aliphatic heterocycles. The van der Waals surface area contributed by atoms with Crippen LogP contribution in [0.1, 0.15) is 22.3 Å². The SMILES string of the molecule is COc1ccc(CCC=O)c(C(=O)O)c1. The van der Waals surface area contributed by atoms with Crippen molar-refractivity contribution >= 4 is 12.3 Å². The smallest absolute Gasteiger partial charge is 0.336 e. The van der Waals surface area contributed by atoms with Crippen molar-refractivity contribution in [3.63, 3.8) is 0 Å². The number of carbonyl (C=O) groups is 2. The van der Waals surface area contributed by atoms with Crippen molar-refractivity contribution in [3.05, 3.63) is 29.3 Å². The Bertz CT molecular complexity index is 371. The van der Waals surface area contributed by atoms with E-state index in [2.05, 4.69) is 0 Å². The number of hydrogen-bond acceptors (Lipinski definition) is 3. The lowest BCUT2D eigenvalue weighted by molar-refractivity contribution is -0.107. The van der Waals surface area contributed by atoms with Crippen LogP contribution in [0.4, 0.5) is 0 Å². The van der Waals surface area contributed by atoms with Crippen molar-refractivity contribution in [1.82, 2.24) is 0 Å². The number of carbonyl (C=O) groups excluding carboxylic acids is 1. The lowest BCUT2D eigenvalue weighted by Gasteiger charge is -2.06. The molecule has 0 heterocycles. The Balaban J connectivity index is 3.03. The van der Waals surface area contributed by atoms with Gasteiger partial charge in [-0.3, -0.25) is 0 Å². The summed E-state index contributed by atoms with van der Waals surface area (Å²) in [5.41, 5.74) is 0.839. The molecule has 0 aromatic heterocycles. The minimum absolute atomic E-state index is 0.191. The highest BCUT2D eigenvalue weighted by molar-refractivity contribution is 5.90. The molecule has 0 aliphatic carbocycles. The van der Waals surface area contributed by atoms with Crippen LogP contribution in [-0.4, -0.2) is 24.5 Å². The third-order valence-electron chi connectivity index (χ3n) is 2.08. The Morgan fingerprint density at radius 3 is 2.80 bits per heavy atom. The number of aryl methyl sites for hydroxylation is 1. The standard InChI is InChI=1S/C11H12O4/c1-15-9-5-4-8(3-2-6-12)10(7-9)11(13)14/h4-7H,2-3H2,1H3,(H,13,14). The molecule has 0 fully saturated rings. The van der Waals surface area contributed by atoms with Gasteiger partial charge < -0.3 is 14.6 Å². The van der Waals surface area contributed by atoms with Crippen LogP contribution < -0.4 is 4.74 Å².